The van der Waals surface area contributed by atoms with Gasteiger partial charge >= 0.3 is 0 Å². The number of anilines is 1. The maximum Gasteiger partial charge on any atom is 0.223 e. The number of aromatic nitrogens is 4. The molecule has 1 aromatic carbocycles. The molecular weight excluding hydrogens is 270 g/mol. The highest BCUT2D eigenvalue weighted by atomic mass is 16.5. The summed E-state index contributed by atoms with van der Waals surface area (Å²) in [5, 5.41) is 3.89. The van der Waals surface area contributed by atoms with Crippen LogP contribution in [0.2, 0.25) is 0 Å². The summed E-state index contributed by atoms with van der Waals surface area (Å²) in [4.78, 5) is 8.59. The summed E-state index contributed by atoms with van der Waals surface area (Å²) >= 11 is 0. The number of hydrogen-bond donors (Lipinski definition) is 1. The van der Waals surface area contributed by atoms with Crippen molar-refractivity contribution in [2.45, 2.75) is 26.8 Å². The van der Waals surface area contributed by atoms with Crippen LogP contribution in [0.25, 0.3) is 11.0 Å². The number of nitrogens with zero attached hydrogens (tertiary/aromatic N) is 4. The van der Waals surface area contributed by atoms with E-state index in [0.717, 1.165) is 16.8 Å². The number of nitrogen functional groups attached to an aromatic ring is 1. The van der Waals surface area contributed by atoms with Gasteiger partial charge < -0.3 is 19.6 Å². The first kappa shape index (κ1) is 13.4. The van der Waals surface area contributed by atoms with Crippen LogP contribution >= 0.6 is 0 Å². The summed E-state index contributed by atoms with van der Waals surface area (Å²) in [5.74, 6) is 2.43. The van der Waals surface area contributed by atoms with Crippen molar-refractivity contribution < 1.29 is 9.26 Å². The molecule has 2 heterocycles. The van der Waals surface area contributed by atoms with Crippen LogP contribution in [0.4, 0.5) is 5.95 Å². The highest BCUT2D eigenvalue weighted by molar-refractivity contribution is 5.84. The molecule has 0 unspecified atom stereocenters. The van der Waals surface area contributed by atoms with Crippen LogP contribution in [0.15, 0.2) is 22.7 Å². The minimum absolute atomic E-state index is 0.456. The van der Waals surface area contributed by atoms with Gasteiger partial charge in [-0.1, -0.05) is 11.2 Å². The number of rotatable bonds is 5. The van der Waals surface area contributed by atoms with E-state index in [0.29, 0.717) is 37.2 Å². The second-order valence-corrected chi connectivity index (χ2v) is 4.66. The third kappa shape index (κ3) is 2.54. The Labute approximate surface area is 121 Å². The van der Waals surface area contributed by atoms with E-state index in [4.69, 9.17) is 15.0 Å². The van der Waals surface area contributed by atoms with Gasteiger partial charge in [-0.15, -0.1) is 0 Å². The minimum atomic E-state index is 0.456. The van der Waals surface area contributed by atoms with Crippen LogP contribution in [0.5, 0.6) is 5.75 Å². The fourth-order valence-electron chi connectivity index (χ4n) is 2.30. The molecule has 21 heavy (non-hydrogen) atoms. The smallest absolute Gasteiger partial charge is 0.223 e. The molecule has 0 radical (unpaired) electrons. The second kappa shape index (κ2) is 5.43. The highest BCUT2D eigenvalue weighted by Gasteiger charge is 2.13. The van der Waals surface area contributed by atoms with Crippen LogP contribution in [0, 0.1) is 6.92 Å². The largest absolute Gasteiger partial charge is 0.492 e. The number of ether oxygens (including phenoxy) is 1. The molecule has 0 aliphatic heterocycles. The van der Waals surface area contributed by atoms with Crippen LogP contribution < -0.4 is 10.5 Å². The van der Waals surface area contributed by atoms with Crippen molar-refractivity contribution in [1.82, 2.24) is 19.7 Å². The summed E-state index contributed by atoms with van der Waals surface area (Å²) in [5.41, 5.74) is 7.74. The normalized spacial score (nSPS) is 11.1. The first-order valence-corrected chi connectivity index (χ1v) is 6.85. The molecule has 7 heteroatoms. The summed E-state index contributed by atoms with van der Waals surface area (Å²) in [6, 6.07) is 5.80. The molecule has 3 rings (SSSR count). The zero-order chi connectivity index (χ0) is 14.8. The predicted molar refractivity (Wildman–Crippen MR) is 78.1 cm³/mol. The molecule has 0 saturated carbocycles. The maximum absolute atomic E-state index is 6.02. The second-order valence-electron chi connectivity index (χ2n) is 4.66. The molecule has 2 N–H and O–H groups in total. The molecule has 0 bridgehead atoms. The Morgan fingerprint density at radius 1 is 1.33 bits per heavy atom. The summed E-state index contributed by atoms with van der Waals surface area (Å²) < 4.78 is 12.5. The first-order chi connectivity index (χ1) is 10.2. The number of hydrogen-bond acceptors (Lipinski definition) is 6. The van der Waals surface area contributed by atoms with E-state index in [1.54, 1.807) is 6.92 Å². The Morgan fingerprint density at radius 3 is 2.90 bits per heavy atom. The van der Waals surface area contributed by atoms with Gasteiger partial charge in [-0.3, -0.25) is 0 Å². The molecule has 2 aromatic heterocycles. The summed E-state index contributed by atoms with van der Waals surface area (Å²) in [6.45, 7) is 4.94. The molecule has 0 spiro atoms. The van der Waals surface area contributed by atoms with Gasteiger partial charge in [-0.25, -0.2) is 4.98 Å². The van der Waals surface area contributed by atoms with Crippen molar-refractivity contribution in [2.24, 2.45) is 0 Å². The van der Waals surface area contributed by atoms with Gasteiger partial charge in [0.25, 0.3) is 0 Å². The average Bonchev–Trinajstić information content (AvgIpc) is 3.01. The van der Waals surface area contributed by atoms with Crippen LogP contribution in [0.1, 0.15) is 18.6 Å². The van der Waals surface area contributed by atoms with Gasteiger partial charge in [0.2, 0.25) is 11.8 Å². The van der Waals surface area contributed by atoms with Gasteiger partial charge in [0.05, 0.1) is 12.1 Å². The number of para-hydroxylation sites is 1. The lowest BCUT2D eigenvalue weighted by atomic mass is 10.3. The Morgan fingerprint density at radius 2 is 2.19 bits per heavy atom. The van der Waals surface area contributed by atoms with Crippen LogP contribution in [0.3, 0.4) is 0 Å². The van der Waals surface area contributed by atoms with E-state index in [-0.39, 0.29) is 0 Å². The third-order valence-corrected chi connectivity index (χ3v) is 3.20. The first-order valence-electron chi connectivity index (χ1n) is 6.85. The van der Waals surface area contributed by atoms with Gasteiger partial charge in [-0.05, 0) is 19.1 Å². The Balaban J connectivity index is 1.91. The van der Waals surface area contributed by atoms with E-state index < -0.39 is 0 Å². The minimum Gasteiger partial charge on any atom is -0.492 e. The van der Waals surface area contributed by atoms with Gasteiger partial charge in [0.15, 0.2) is 5.82 Å². The standard InChI is InChI=1S/C14H17N5O2/c1-3-20-11-6-4-5-10-13(11)17-14(15)19(10)8-7-12-16-9(2)21-18-12/h4-6H,3,7-8H2,1-2H3,(H2,15,17). The molecule has 110 valence electrons. The lowest BCUT2D eigenvalue weighted by Gasteiger charge is -2.06. The van der Waals surface area contributed by atoms with Crippen molar-refractivity contribution in [3.63, 3.8) is 0 Å². The number of fused-ring (bicyclic) bond motifs is 1. The molecule has 0 saturated heterocycles. The van der Waals surface area contributed by atoms with Gasteiger partial charge in [-0.2, -0.15) is 4.98 Å². The number of benzene rings is 1. The quantitative estimate of drug-likeness (QED) is 0.771. The van der Waals surface area contributed by atoms with Crippen molar-refractivity contribution in [3.8, 4) is 5.75 Å². The molecule has 0 aliphatic carbocycles. The zero-order valence-corrected chi connectivity index (χ0v) is 12.0. The summed E-state index contributed by atoms with van der Waals surface area (Å²) in [6.07, 6.45) is 0.631. The molecule has 0 fully saturated rings. The molecular formula is C14H17N5O2. The monoisotopic (exact) mass is 287 g/mol. The zero-order valence-electron chi connectivity index (χ0n) is 12.0. The fraction of sp³-hybridized carbons (Fsp3) is 0.357. The SMILES string of the molecule is CCOc1cccc2c1nc(N)n2CCc1noc(C)n1. The van der Waals surface area contributed by atoms with Crippen molar-refractivity contribution >= 4 is 17.0 Å². The van der Waals surface area contributed by atoms with Crippen molar-refractivity contribution in [3.05, 3.63) is 29.9 Å². The van der Waals surface area contributed by atoms with Crippen LogP contribution in [-0.2, 0) is 13.0 Å². The van der Waals surface area contributed by atoms with Crippen LogP contribution in [-0.4, -0.2) is 26.3 Å². The number of nitrogens with two attached hydrogens (primary N) is 1. The summed E-state index contributed by atoms with van der Waals surface area (Å²) in [7, 11) is 0. The highest BCUT2D eigenvalue weighted by Crippen LogP contribution is 2.27. The van der Waals surface area contributed by atoms with E-state index >= 15 is 0 Å². The fourth-order valence-corrected chi connectivity index (χ4v) is 2.30. The Bertz CT molecular complexity index is 762. The molecule has 7 nitrogen and oxygen atoms in total. The van der Waals surface area contributed by atoms with E-state index in [2.05, 4.69) is 15.1 Å². The maximum atomic E-state index is 6.02. The predicted octanol–water partition coefficient (Wildman–Crippen LogP) is 1.95. The lowest BCUT2D eigenvalue weighted by Crippen LogP contribution is -2.06. The van der Waals surface area contributed by atoms with E-state index in [1.165, 1.54) is 0 Å². The molecule has 0 aliphatic rings. The average molecular weight is 287 g/mol. The number of aryl methyl sites for hydroxylation is 3. The number of imidazole rings is 1. The molecule has 0 atom stereocenters. The third-order valence-electron chi connectivity index (χ3n) is 3.20. The van der Waals surface area contributed by atoms with E-state index in [9.17, 15) is 0 Å². The topological polar surface area (TPSA) is 92.0 Å². The Kier molecular flexibility index (Phi) is 3.47. The lowest BCUT2D eigenvalue weighted by molar-refractivity contribution is 0.343. The Hall–Kier alpha value is -2.57. The molecule has 3 aromatic rings. The van der Waals surface area contributed by atoms with Crippen molar-refractivity contribution in [1.29, 1.82) is 0 Å². The molecule has 0 amide bonds. The van der Waals surface area contributed by atoms with Gasteiger partial charge in [0, 0.05) is 19.9 Å². The van der Waals surface area contributed by atoms with Crippen molar-refractivity contribution in [2.75, 3.05) is 12.3 Å². The van der Waals surface area contributed by atoms with E-state index in [1.807, 2.05) is 29.7 Å². The van der Waals surface area contributed by atoms with Gasteiger partial charge in [0.1, 0.15) is 11.3 Å².